The van der Waals surface area contributed by atoms with Gasteiger partial charge in [-0.05, 0) is 25.0 Å². The highest BCUT2D eigenvalue weighted by atomic mass is 16.2. The van der Waals surface area contributed by atoms with Gasteiger partial charge in [0.15, 0.2) is 0 Å². The van der Waals surface area contributed by atoms with Crippen molar-refractivity contribution in [2.75, 3.05) is 58.7 Å². The second-order valence-electron chi connectivity index (χ2n) is 8.51. The van der Waals surface area contributed by atoms with Gasteiger partial charge in [-0.25, -0.2) is 0 Å². The van der Waals surface area contributed by atoms with E-state index in [4.69, 9.17) is 0 Å². The van der Waals surface area contributed by atoms with E-state index in [-0.39, 0.29) is 18.4 Å². The Kier molecular flexibility index (Phi) is 7.67. The van der Waals surface area contributed by atoms with Crippen LogP contribution in [0.15, 0.2) is 30.3 Å². The lowest BCUT2D eigenvalue weighted by atomic mass is 10.2. The lowest BCUT2D eigenvalue weighted by Crippen LogP contribution is -2.50. The first-order valence-electron chi connectivity index (χ1n) is 10.9. The van der Waals surface area contributed by atoms with E-state index < -0.39 is 0 Å². The number of likely N-dealkylation sites (N-methyl/N-ethyl adjacent to an activating group) is 1. The van der Waals surface area contributed by atoms with Crippen molar-refractivity contribution in [2.45, 2.75) is 20.4 Å². The highest BCUT2D eigenvalue weighted by molar-refractivity contribution is 5.93. The van der Waals surface area contributed by atoms with Gasteiger partial charge in [-0.2, -0.15) is 5.26 Å². The Labute approximate surface area is 190 Å². The minimum absolute atomic E-state index is 0.0881. The molecular weight excluding hydrogens is 404 g/mol. The Balaban J connectivity index is 1.64. The highest BCUT2D eigenvalue weighted by Crippen LogP contribution is 2.27. The van der Waals surface area contributed by atoms with E-state index in [0.717, 1.165) is 43.0 Å². The van der Waals surface area contributed by atoms with Gasteiger partial charge in [0.05, 0.1) is 18.7 Å². The molecular formula is C24H32N6O2. The molecule has 0 saturated carbocycles. The minimum atomic E-state index is -0.133. The Morgan fingerprint density at radius 3 is 2.19 bits per heavy atom. The Bertz CT molecular complexity index is 998. The van der Waals surface area contributed by atoms with E-state index in [2.05, 4.69) is 21.2 Å². The largest absolute Gasteiger partial charge is 0.348 e. The molecule has 2 heterocycles. The van der Waals surface area contributed by atoms with Crippen LogP contribution in [0.2, 0.25) is 0 Å². The molecule has 0 bridgehead atoms. The van der Waals surface area contributed by atoms with Crippen molar-refractivity contribution < 1.29 is 9.59 Å². The summed E-state index contributed by atoms with van der Waals surface area (Å²) in [6, 6.07) is 12.3. The molecule has 1 saturated heterocycles. The van der Waals surface area contributed by atoms with Crippen LogP contribution in [0.3, 0.4) is 0 Å². The number of nitrogens with zero attached hydrogens (tertiary/aromatic N) is 5. The summed E-state index contributed by atoms with van der Waals surface area (Å²) in [6.07, 6.45) is 0. The van der Waals surface area contributed by atoms with Gasteiger partial charge in [0.2, 0.25) is 11.8 Å². The van der Waals surface area contributed by atoms with Crippen molar-refractivity contribution in [2.24, 2.45) is 0 Å². The lowest BCUT2D eigenvalue weighted by Gasteiger charge is -2.34. The summed E-state index contributed by atoms with van der Waals surface area (Å²) in [5.74, 6) is 0.517. The number of piperazine rings is 1. The predicted molar refractivity (Wildman–Crippen MR) is 124 cm³/mol. The fourth-order valence-corrected chi connectivity index (χ4v) is 3.91. The summed E-state index contributed by atoms with van der Waals surface area (Å²) in [4.78, 5) is 30.6. The molecule has 170 valence electrons. The molecule has 1 aliphatic rings. The third kappa shape index (κ3) is 5.55. The second kappa shape index (κ2) is 10.4. The maximum absolute atomic E-state index is 12.9. The molecule has 0 unspecified atom stereocenters. The van der Waals surface area contributed by atoms with Crippen molar-refractivity contribution in [3.63, 3.8) is 0 Å². The number of anilines is 1. The van der Waals surface area contributed by atoms with Crippen LogP contribution in [0.4, 0.5) is 5.82 Å². The molecule has 1 aromatic carbocycles. The number of amides is 2. The Hall–Kier alpha value is -3.15. The van der Waals surface area contributed by atoms with Gasteiger partial charge < -0.3 is 14.8 Å². The Morgan fingerprint density at radius 2 is 1.62 bits per heavy atom. The highest BCUT2D eigenvalue weighted by Gasteiger charge is 2.23. The second-order valence-corrected chi connectivity index (χ2v) is 8.51. The fourth-order valence-electron chi connectivity index (χ4n) is 3.91. The van der Waals surface area contributed by atoms with Crippen LogP contribution < -0.4 is 5.32 Å². The average Bonchev–Trinajstić information content (AvgIpc) is 2.99. The number of hydrogen-bond donors (Lipinski definition) is 1. The van der Waals surface area contributed by atoms with E-state index in [9.17, 15) is 14.9 Å². The van der Waals surface area contributed by atoms with Gasteiger partial charge in [-0.1, -0.05) is 30.3 Å². The molecule has 1 aliphatic heterocycles. The van der Waals surface area contributed by atoms with Crippen LogP contribution >= 0.6 is 0 Å². The zero-order valence-corrected chi connectivity index (χ0v) is 19.4. The number of nitrogens with one attached hydrogen (secondary N) is 1. The number of carbonyl (C=O) groups excluding carboxylic acids is 2. The van der Waals surface area contributed by atoms with E-state index >= 15 is 0 Å². The molecule has 2 aromatic rings. The number of aromatic nitrogens is 1. The number of nitriles is 1. The molecule has 0 spiro atoms. The molecule has 3 rings (SSSR count). The molecule has 32 heavy (non-hydrogen) atoms. The first-order valence-corrected chi connectivity index (χ1v) is 10.9. The van der Waals surface area contributed by atoms with Crippen molar-refractivity contribution in [3.8, 4) is 6.07 Å². The van der Waals surface area contributed by atoms with Crippen LogP contribution in [0.5, 0.6) is 0 Å². The van der Waals surface area contributed by atoms with Crippen LogP contribution in [0, 0.1) is 25.2 Å². The zero-order valence-electron chi connectivity index (χ0n) is 19.4. The number of rotatable bonds is 7. The molecule has 0 radical (unpaired) electrons. The predicted octanol–water partition coefficient (Wildman–Crippen LogP) is 1.67. The lowest BCUT2D eigenvalue weighted by molar-refractivity contribution is -0.130. The summed E-state index contributed by atoms with van der Waals surface area (Å²) in [5.41, 5.74) is 3.48. The molecule has 0 atom stereocenters. The van der Waals surface area contributed by atoms with Crippen molar-refractivity contribution in [3.05, 3.63) is 52.7 Å². The smallest absolute Gasteiger partial charge is 0.239 e. The summed E-state index contributed by atoms with van der Waals surface area (Å²) >= 11 is 0. The van der Waals surface area contributed by atoms with E-state index in [0.29, 0.717) is 24.5 Å². The van der Waals surface area contributed by atoms with Crippen molar-refractivity contribution in [1.82, 2.24) is 19.3 Å². The van der Waals surface area contributed by atoms with E-state index in [1.54, 1.807) is 19.0 Å². The summed E-state index contributed by atoms with van der Waals surface area (Å²) in [5, 5.41) is 12.7. The summed E-state index contributed by atoms with van der Waals surface area (Å²) < 4.78 is 2.01. The monoisotopic (exact) mass is 436 g/mol. The van der Waals surface area contributed by atoms with Crippen LogP contribution in [-0.4, -0.2) is 84.4 Å². The molecule has 1 fully saturated rings. The number of benzene rings is 1. The normalized spacial score (nSPS) is 14.7. The number of carbonyl (C=O) groups is 2. The van der Waals surface area contributed by atoms with Crippen LogP contribution in [-0.2, 0) is 16.1 Å². The first kappa shape index (κ1) is 23.5. The summed E-state index contributed by atoms with van der Waals surface area (Å²) in [6.45, 7) is 8.09. The van der Waals surface area contributed by atoms with Gasteiger partial charge in [0.1, 0.15) is 11.9 Å². The third-order valence-electron chi connectivity index (χ3n) is 6.07. The molecule has 8 nitrogen and oxygen atoms in total. The van der Waals surface area contributed by atoms with Crippen LogP contribution in [0.1, 0.15) is 22.4 Å². The molecule has 1 N–H and O–H groups in total. The van der Waals surface area contributed by atoms with Gasteiger partial charge >= 0.3 is 0 Å². The quantitative estimate of drug-likeness (QED) is 0.714. The topological polar surface area (TPSA) is 84.6 Å². The molecule has 2 amide bonds. The summed E-state index contributed by atoms with van der Waals surface area (Å²) in [7, 11) is 3.52. The number of hydrogen-bond acceptors (Lipinski definition) is 5. The standard InChI is InChI=1S/C24H32N6O2/c1-18-19(2)30(15-20-8-6-5-7-9-20)24(21(18)14-25)26-22(31)16-28-10-12-29(13-11-28)17-23(32)27(3)4/h5-9H,10-13,15-17H2,1-4H3,(H,26,31). The van der Waals surface area contributed by atoms with Gasteiger partial charge in [0.25, 0.3) is 0 Å². The van der Waals surface area contributed by atoms with Gasteiger partial charge in [-0.3, -0.25) is 19.4 Å². The minimum Gasteiger partial charge on any atom is -0.348 e. The van der Waals surface area contributed by atoms with Crippen molar-refractivity contribution >= 4 is 17.6 Å². The molecule has 1 aromatic heterocycles. The maximum atomic E-state index is 12.9. The van der Waals surface area contributed by atoms with Gasteiger partial charge in [0, 0.05) is 52.5 Å². The third-order valence-corrected chi connectivity index (χ3v) is 6.07. The molecule has 8 heteroatoms. The average molecular weight is 437 g/mol. The SMILES string of the molecule is Cc1c(C#N)c(NC(=O)CN2CCN(CC(=O)N(C)C)CC2)n(Cc2ccccc2)c1C. The fraction of sp³-hybridized carbons (Fsp3) is 0.458. The van der Waals surface area contributed by atoms with Crippen LogP contribution in [0.25, 0.3) is 0 Å². The molecule has 0 aliphatic carbocycles. The van der Waals surface area contributed by atoms with E-state index in [1.807, 2.05) is 48.7 Å². The van der Waals surface area contributed by atoms with Crippen molar-refractivity contribution in [1.29, 1.82) is 5.26 Å². The van der Waals surface area contributed by atoms with Gasteiger partial charge in [-0.15, -0.1) is 0 Å². The zero-order chi connectivity index (χ0) is 23.3. The van der Waals surface area contributed by atoms with E-state index in [1.165, 1.54) is 0 Å². The first-order chi connectivity index (χ1) is 15.3. The maximum Gasteiger partial charge on any atom is 0.239 e. The Morgan fingerprint density at radius 1 is 1.03 bits per heavy atom.